The third-order valence-corrected chi connectivity index (χ3v) is 2.55. The number of carbonyl (C=O) groups excluding carboxylic acids is 2. The maximum atomic E-state index is 11.6. The van der Waals surface area contributed by atoms with Crippen LogP contribution in [0.4, 0.5) is 0 Å². The van der Waals surface area contributed by atoms with Gasteiger partial charge in [-0.05, 0) is 0 Å². The lowest BCUT2D eigenvalue weighted by Crippen LogP contribution is -2.50. The summed E-state index contributed by atoms with van der Waals surface area (Å²) in [5.41, 5.74) is 0. The molecule has 7 heteroatoms. The second-order valence-corrected chi connectivity index (χ2v) is 5.48. The number of rotatable bonds is 8. The highest BCUT2D eigenvalue weighted by Crippen LogP contribution is 1.94. The highest BCUT2D eigenvalue weighted by Gasteiger charge is 2.29. The summed E-state index contributed by atoms with van der Waals surface area (Å²) in [5.74, 6) is 4.10. The topological polar surface area (TPSA) is 111 Å². The average Bonchev–Trinajstić information content (AvgIpc) is 2.45. The van der Waals surface area contributed by atoms with E-state index in [4.69, 9.17) is 0 Å². The van der Waals surface area contributed by atoms with Crippen molar-refractivity contribution < 1.29 is 19.8 Å². The zero-order chi connectivity index (χ0) is 17.1. The Morgan fingerprint density at radius 1 is 0.955 bits per heavy atom. The normalized spacial score (nSPS) is 13.3. The van der Waals surface area contributed by atoms with Crippen molar-refractivity contribution in [3.05, 3.63) is 0 Å². The predicted octanol–water partition coefficient (Wildman–Crippen LogP) is -1.40. The summed E-state index contributed by atoms with van der Waals surface area (Å²) in [5, 5.41) is 27.1. The van der Waals surface area contributed by atoms with Gasteiger partial charge in [-0.3, -0.25) is 9.59 Å². The van der Waals surface area contributed by atoms with Crippen molar-refractivity contribution in [1.29, 1.82) is 0 Å². The van der Waals surface area contributed by atoms with Gasteiger partial charge in [0.15, 0.2) is 12.2 Å². The molecule has 0 heterocycles. The van der Waals surface area contributed by atoms with E-state index in [1.807, 2.05) is 27.7 Å². The minimum absolute atomic E-state index is 0.0563. The standard InChI is InChI=1S/C15H27N3O4/c1-10(2)6-5-7-17-14(21)12(19)13(20)15(22)18-9-8-16-11(3)4/h10-13,16,19-20H,7-9H2,1-4H3,(H,17,21)(H,18,22)/t12-,13+/m1/s1. The summed E-state index contributed by atoms with van der Waals surface area (Å²) in [4.78, 5) is 23.2. The first kappa shape index (κ1) is 20.4. The third kappa shape index (κ3) is 9.34. The number of aliphatic hydroxyl groups is 2. The van der Waals surface area contributed by atoms with E-state index < -0.39 is 24.0 Å². The molecule has 5 N–H and O–H groups in total. The summed E-state index contributed by atoms with van der Waals surface area (Å²) < 4.78 is 0. The molecule has 22 heavy (non-hydrogen) atoms. The van der Waals surface area contributed by atoms with Gasteiger partial charge in [-0.15, -0.1) is 0 Å². The van der Waals surface area contributed by atoms with Crippen LogP contribution in [0.1, 0.15) is 27.7 Å². The number of hydrogen-bond acceptors (Lipinski definition) is 5. The van der Waals surface area contributed by atoms with E-state index in [-0.39, 0.29) is 18.5 Å². The molecule has 7 nitrogen and oxygen atoms in total. The van der Waals surface area contributed by atoms with E-state index in [1.54, 1.807) is 0 Å². The van der Waals surface area contributed by atoms with Crippen molar-refractivity contribution in [2.45, 2.75) is 45.9 Å². The monoisotopic (exact) mass is 313 g/mol. The fraction of sp³-hybridized carbons (Fsp3) is 0.733. The van der Waals surface area contributed by atoms with Crippen molar-refractivity contribution in [2.75, 3.05) is 19.6 Å². The number of aliphatic hydroxyl groups excluding tert-OH is 2. The van der Waals surface area contributed by atoms with E-state index >= 15 is 0 Å². The van der Waals surface area contributed by atoms with Crippen LogP contribution in [-0.4, -0.2) is 59.9 Å². The van der Waals surface area contributed by atoms with Crippen LogP contribution in [0.2, 0.25) is 0 Å². The Hall–Kier alpha value is -1.62. The Kier molecular flexibility index (Phi) is 10.2. The lowest BCUT2D eigenvalue weighted by molar-refractivity contribution is -0.145. The van der Waals surface area contributed by atoms with Crippen molar-refractivity contribution in [3.63, 3.8) is 0 Å². The molecule has 0 aromatic heterocycles. The van der Waals surface area contributed by atoms with E-state index in [0.29, 0.717) is 13.1 Å². The highest BCUT2D eigenvalue weighted by atomic mass is 16.3. The van der Waals surface area contributed by atoms with Crippen LogP contribution in [0.25, 0.3) is 0 Å². The van der Waals surface area contributed by atoms with Crippen LogP contribution < -0.4 is 16.0 Å². The van der Waals surface area contributed by atoms with Gasteiger partial charge in [0.05, 0.1) is 6.54 Å². The maximum absolute atomic E-state index is 11.6. The first-order valence-corrected chi connectivity index (χ1v) is 7.39. The van der Waals surface area contributed by atoms with Crippen LogP contribution in [0, 0.1) is 17.8 Å². The summed E-state index contributed by atoms with van der Waals surface area (Å²) in [6.45, 7) is 8.63. The van der Waals surface area contributed by atoms with Crippen LogP contribution >= 0.6 is 0 Å². The van der Waals surface area contributed by atoms with Gasteiger partial charge in [-0.1, -0.05) is 39.5 Å². The fourth-order valence-electron chi connectivity index (χ4n) is 1.43. The van der Waals surface area contributed by atoms with E-state index in [0.717, 1.165) is 0 Å². The zero-order valence-electron chi connectivity index (χ0n) is 13.6. The molecule has 0 spiro atoms. The number of nitrogens with one attached hydrogen (secondary N) is 3. The van der Waals surface area contributed by atoms with Gasteiger partial charge in [0, 0.05) is 25.0 Å². The second kappa shape index (κ2) is 11.0. The molecule has 126 valence electrons. The molecule has 2 amide bonds. The first-order valence-electron chi connectivity index (χ1n) is 7.39. The van der Waals surface area contributed by atoms with Gasteiger partial charge in [0.1, 0.15) is 0 Å². The first-order chi connectivity index (χ1) is 10.3. The summed E-state index contributed by atoms with van der Waals surface area (Å²) in [7, 11) is 0. The van der Waals surface area contributed by atoms with E-state index in [2.05, 4.69) is 27.8 Å². The summed E-state index contributed by atoms with van der Waals surface area (Å²) in [6, 6.07) is 0.283. The molecule has 0 aromatic rings. The minimum Gasteiger partial charge on any atom is -0.380 e. The minimum atomic E-state index is -1.82. The molecule has 0 bridgehead atoms. The smallest absolute Gasteiger partial charge is 0.252 e. The van der Waals surface area contributed by atoms with Gasteiger partial charge in [0.2, 0.25) is 0 Å². The molecule has 0 aromatic carbocycles. The number of carbonyl (C=O) groups is 2. The van der Waals surface area contributed by atoms with E-state index in [9.17, 15) is 19.8 Å². The lowest BCUT2D eigenvalue weighted by Gasteiger charge is -2.17. The molecule has 0 rings (SSSR count). The van der Waals surface area contributed by atoms with Gasteiger partial charge < -0.3 is 26.2 Å². The Bertz CT molecular complexity index is 413. The maximum Gasteiger partial charge on any atom is 0.252 e. The molecule has 0 saturated heterocycles. The molecular weight excluding hydrogens is 286 g/mol. The highest BCUT2D eigenvalue weighted by molar-refractivity contribution is 5.90. The van der Waals surface area contributed by atoms with Gasteiger partial charge >= 0.3 is 0 Å². The van der Waals surface area contributed by atoms with Gasteiger partial charge in [-0.25, -0.2) is 0 Å². The molecule has 0 aliphatic rings. The van der Waals surface area contributed by atoms with Crippen molar-refractivity contribution in [1.82, 2.24) is 16.0 Å². The molecule has 0 aliphatic carbocycles. The second-order valence-electron chi connectivity index (χ2n) is 5.48. The van der Waals surface area contributed by atoms with Gasteiger partial charge in [0.25, 0.3) is 11.8 Å². The van der Waals surface area contributed by atoms with Crippen molar-refractivity contribution >= 4 is 11.8 Å². The van der Waals surface area contributed by atoms with Crippen molar-refractivity contribution in [2.24, 2.45) is 5.92 Å². The molecule has 2 atom stereocenters. The Balaban J connectivity index is 4.12. The predicted molar refractivity (Wildman–Crippen MR) is 83.8 cm³/mol. The van der Waals surface area contributed by atoms with Crippen LogP contribution in [0.5, 0.6) is 0 Å². The van der Waals surface area contributed by atoms with Crippen molar-refractivity contribution in [3.8, 4) is 11.8 Å². The van der Waals surface area contributed by atoms with Gasteiger partial charge in [-0.2, -0.15) is 0 Å². The lowest BCUT2D eigenvalue weighted by atomic mass is 10.1. The number of amides is 2. The Morgan fingerprint density at radius 3 is 2.00 bits per heavy atom. The summed E-state index contributed by atoms with van der Waals surface area (Å²) in [6.07, 6.45) is -3.63. The van der Waals surface area contributed by atoms with E-state index in [1.165, 1.54) is 0 Å². The van der Waals surface area contributed by atoms with Crippen LogP contribution in [-0.2, 0) is 9.59 Å². The van der Waals surface area contributed by atoms with Crippen LogP contribution in [0.15, 0.2) is 0 Å². The molecular formula is C15H27N3O4. The summed E-state index contributed by atoms with van der Waals surface area (Å²) >= 11 is 0. The fourth-order valence-corrected chi connectivity index (χ4v) is 1.43. The third-order valence-electron chi connectivity index (χ3n) is 2.55. The SMILES string of the molecule is CC(C)C#CCNC(=O)[C@H](O)[C@H](O)C(=O)NCCNC(C)C. The molecule has 0 fully saturated rings. The number of hydrogen-bond donors (Lipinski definition) is 5. The Morgan fingerprint density at radius 2 is 1.50 bits per heavy atom. The van der Waals surface area contributed by atoms with Crippen LogP contribution in [0.3, 0.4) is 0 Å². The largest absolute Gasteiger partial charge is 0.380 e. The molecule has 0 saturated carbocycles. The zero-order valence-corrected chi connectivity index (χ0v) is 13.6. The average molecular weight is 313 g/mol. The molecule has 0 aliphatic heterocycles. The Labute approximate surface area is 131 Å². The molecule has 0 radical (unpaired) electrons. The molecule has 0 unspecified atom stereocenters. The quantitative estimate of drug-likeness (QED) is 0.280.